The maximum absolute atomic E-state index is 11.1. The van der Waals surface area contributed by atoms with Crippen LogP contribution in [0.1, 0.15) is 20.8 Å². The van der Waals surface area contributed by atoms with Crippen LogP contribution >= 0.6 is 0 Å². The summed E-state index contributed by atoms with van der Waals surface area (Å²) in [6, 6.07) is 0. The molecule has 0 spiro atoms. The van der Waals surface area contributed by atoms with Gasteiger partial charge in [-0.15, -0.1) is 0 Å². The predicted octanol–water partition coefficient (Wildman–Crippen LogP) is 1.32. The van der Waals surface area contributed by atoms with Gasteiger partial charge < -0.3 is 9.47 Å². The average molecular weight is 207 g/mol. The molecule has 0 aliphatic carbocycles. The first kappa shape index (κ1) is 13.2. The maximum atomic E-state index is 11.1. The molecule has 14 heavy (non-hydrogen) atoms. The zero-order chi connectivity index (χ0) is 11.0. The Bertz CT molecular complexity index is 164. The molecule has 0 fully saturated rings. The minimum Gasteiger partial charge on any atom is -0.447 e. The number of hydrogen-bond donors (Lipinski definition) is 0. The minimum atomic E-state index is -0.707. The Morgan fingerprint density at radius 3 is 2.43 bits per heavy atom. The standard InChI is InChI=1S/C8H17NO5/c1-5-12-7(3)14-9(11-4)8(10)13-6-2/h7H,5-6H2,1-4H3. The van der Waals surface area contributed by atoms with Crippen LogP contribution in [0.4, 0.5) is 4.79 Å². The normalized spacial score (nSPS) is 12.3. The second-order valence-corrected chi connectivity index (χ2v) is 2.27. The second-order valence-electron chi connectivity index (χ2n) is 2.27. The van der Waals surface area contributed by atoms with Gasteiger partial charge >= 0.3 is 6.09 Å². The fraction of sp³-hybridized carbons (Fsp3) is 0.875. The van der Waals surface area contributed by atoms with Crippen LogP contribution < -0.4 is 0 Å². The zero-order valence-electron chi connectivity index (χ0n) is 8.98. The van der Waals surface area contributed by atoms with E-state index in [1.165, 1.54) is 7.11 Å². The lowest BCUT2D eigenvalue weighted by Crippen LogP contribution is -2.35. The van der Waals surface area contributed by atoms with Crippen LogP contribution in [0.3, 0.4) is 0 Å². The topological polar surface area (TPSA) is 57.2 Å². The lowest BCUT2D eigenvalue weighted by atomic mass is 10.7. The Balaban J connectivity index is 3.94. The summed E-state index contributed by atoms with van der Waals surface area (Å²) in [6.45, 7) is 5.90. The number of rotatable bonds is 6. The lowest BCUT2D eigenvalue weighted by Gasteiger charge is -2.21. The first-order valence-corrected chi connectivity index (χ1v) is 4.45. The van der Waals surface area contributed by atoms with E-state index in [9.17, 15) is 4.79 Å². The Kier molecular flexibility index (Phi) is 7.09. The molecule has 84 valence electrons. The number of ether oxygens (including phenoxy) is 2. The van der Waals surface area contributed by atoms with Gasteiger partial charge in [0.15, 0.2) is 6.29 Å². The van der Waals surface area contributed by atoms with E-state index in [0.29, 0.717) is 11.8 Å². The molecule has 6 heteroatoms. The number of hydroxylamine groups is 2. The Hall–Kier alpha value is -0.850. The molecule has 0 saturated carbocycles. The summed E-state index contributed by atoms with van der Waals surface area (Å²) in [7, 11) is 1.30. The van der Waals surface area contributed by atoms with Crippen molar-refractivity contribution in [1.82, 2.24) is 5.23 Å². The highest BCUT2D eigenvalue weighted by molar-refractivity contribution is 5.64. The summed E-state index contributed by atoms with van der Waals surface area (Å²) in [4.78, 5) is 20.7. The third-order valence-corrected chi connectivity index (χ3v) is 1.23. The molecule has 0 heterocycles. The third-order valence-electron chi connectivity index (χ3n) is 1.23. The van der Waals surface area contributed by atoms with Crippen molar-refractivity contribution in [1.29, 1.82) is 0 Å². The summed E-state index contributed by atoms with van der Waals surface area (Å²) in [5, 5.41) is 0.643. The highest BCUT2D eigenvalue weighted by atomic mass is 17.0. The fourth-order valence-corrected chi connectivity index (χ4v) is 0.737. The number of carbonyl (C=O) groups is 1. The van der Waals surface area contributed by atoms with Crippen LogP contribution in [0.5, 0.6) is 0 Å². The van der Waals surface area contributed by atoms with Crippen molar-refractivity contribution in [3.63, 3.8) is 0 Å². The number of nitrogens with zero attached hydrogens (tertiary/aromatic N) is 1. The molecule has 0 aliphatic rings. The molecular weight excluding hydrogens is 190 g/mol. The summed E-state index contributed by atoms with van der Waals surface area (Å²) < 4.78 is 9.71. The Labute approximate surface area is 83.6 Å². The van der Waals surface area contributed by atoms with Crippen molar-refractivity contribution in [3.8, 4) is 0 Å². The Morgan fingerprint density at radius 1 is 1.36 bits per heavy atom. The van der Waals surface area contributed by atoms with Crippen molar-refractivity contribution in [3.05, 3.63) is 0 Å². The first-order chi connectivity index (χ1) is 6.65. The van der Waals surface area contributed by atoms with Crippen molar-refractivity contribution in [2.45, 2.75) is 27.1 Å². The summed E-state index contributed by atoms with van der Waals surface area (Å²) >= 11 is 0. The summed E-state index contributed by atoms with van der Waals surface area (Å²) in [6.07, 6.45) is -1.27. The van der Waals surface area contributed by atoms with Crippen LogP contribution in [0.2, 0.25) is 0 Å². The Morgan fingerprint density at radius 2 is 2.00 bits per heavy atom. The molecule has 1 atom stereocenters. The molecule has 6 nitrogen and oxygen atoms in total. The number of carbonyl (C=O) groups excluding carboxylic acids is 1. The van der Waals surface area contributed by atoms with Gasteiger partial charge in [0.1, 0.15) is 0 Å². The molecule has 0 N–H and O–H groups in total. The molecule has 1 amide bonds. The molecule has 0 aromatic rings. The zero-order valence-corrected chi connectivity index (χ0v) is 8.98. The average Bonchev–Trinajstić information content (AvgIpc) is 2.15. The van der Waals surface area contributed by atoms with Crippen LogP contribution in [-0.2, 0) is 19.1 Å². The van der Waals surface area contributed by atoms with Gasteiger partial charge in [-0.25, -0.2) is 14.5 Å². The predicted molar refractivity (Wildman–Crippen MR) is 48.0 cm³/mol. The van der Waals surface area contributed by atoms with Crippen LogP contribution in [-0.4, -0.2) is 37.9 Å². The van der Waals surface area contributed by atoms with E-state index < -0.39 is 12.4 Å². The van der Waals surface area contributed by atoms with Gasteiger partial charge in [0, 0.05) is 6.61 Å². The maximum Gasteiger partial charge on any atom is 0.459 e. The van der Waals surface area contributed by atoms with Gasteiger partial charge in [-0.1, -0.05) is 0 Å². The second kappa shape index (κ2) is 7.54. The molecule has 0 aliphatic heterocycles. The van der Waals surface area contributed by atoms with E-state index in [2.05, 4.69) is 9.57 Å². The highest BCUT2D eigenvalue weighted by Crippen LogP contribution is 2.02. The number of amides is 1. The van der Waals surface area contributed by atoms with Gasteiger partial charge in [-0.05, 0) is 26.0 Å². The van der Waals surface area contributed by atoms with Gasteiger partial charge in [-0.3, -0.25) is 0 Å². The monoisotopic (exact) mass is 207 g/mol. The molecule has 1 unspecified atom stereocenters. The van der Waals surface area contributed by atoms with Gasteiger partial charge in [0.25, 0.3) is 0 Å². The van der Waals surface area contributed by atoms with Crippen molar-refractivity contribution < 1.29 is 23.9 Å². The van der Waals surface area contributed by atoms with Crippen LogP contribution in [0, 0.1) is 0 Å². The van der Waals surface area contributed by atoms with E-state index in [-0.39, 0.29) is 6.61 Å². The minimum absolute atomic E-state index is 0.255. The third kappa shape index (κ3) is 5.00. The largest absolute Gasteiger partial charge is 0.459 e. The van der Waals surface area contributed by atoms with Crippen molar-refractivity contribution in [2.75, 3.05) is 20.3 Å². The van der Waals surface area contributed by atoms with Crippen LogP contribution in [0.25, 0.3) is 0 Å². The van der Waals surface area contributed by atoms with Gasteiger partial charge in [0.2, 0.25) is 0 Å². The molecule has 0 aromatic heterocycles. The van der Waals surface area contributed by atoms with Crippen LogP contribution in [0.15, 0.2) is 0 Å². The number of hydrogen-bond acceptors (Lipinski definition) is 5. The molecular formula is C8H17NO5. The summed E-state index contributed by atoms with van der Waals surface area (Å²) in [5.41, 5.74) is 0. The summed E-state index contributed by atoms with van der Waals surface area (Å²) in [5.74, 6) is 0. The first-order valence-electron chi connectivity index (χ1n) is 4.45. The van der Waals surface area contributed by atoms with Crippen molar-refractivity contribution >= 4 is 6.09 Å². The van der Waals surface area contributed by atoms with E-state index in [4.69, 9.17) is 9.57 Å². The molecule has 0 saturated heterocycles. The highest BCUT2D eigenvalue weighted by Gasteiger charge is 2.18. The van der Waals surface area contributed by atoms with Gasteiger partial charge in [-0.2, -0.15) is 0 Å². The van der Waals surface area contributed by atoms with E-state index in [0.717, 1.165) is 0 Å². The lowest BCUT2D eigenvalue weighted by molar-refractivity contribution is -0.377. The van der Waals surface area contributed by atoms with E-state index >= 15 is 0 Å². The molecule has 0 rings (SSSR count). The van der Waals surface area contributed by atoms with Crippen molar-refractivity contribution in [2.24, 2.45) is 0 Å². The molecule has 0 aromatic carbocycles. The van der Waals surface area contributed by atoms with E-state index in [1.807, 2.05) is 6.92 Å². The quantitative estimate of drug-likeness (QED) is 0.485. The SMILES string of the molecule is CCOC(=O)N(OC)OC(C)OCC. The fourth-order valence-electron chi connectivity index (χ4n) is 0.737. The molecule has 0 bridgehead atoms. The molecule has 0 radical (unpaired) electrons. The van der Waals surface area contributed by atoms with E-state index in [1.54, 1.807) is 13.8 Å². The van der Waals surface area contributed by atoms with Gasteiger partial charge in [0.05, 0.1) is 13.7 Å². The smallest absolute Gasteiger partial charge is 0.447 e.